The zero-order valence-corrected chi connectivity index (χ0v) is 16.4. The molecule has 0 aliphatic carbocycles. The molecule has 0 spiro atoms. The van der Waals surface area contributed by atoms with E-state index in [1.54, 1.807) is 12.3 Å². The summed E-state index contributed by atoms with van der Waals surface area (Å²) in [5, 5.41) is 1.92. The standard InChI is InChI=1S/C26H22N2O/c1-17(2)15-18-13-14-27-24(16-18)22-10-6-9-20-21-11-12-23(19-7-4-3-5-8-19)28-26(21)29-25(20)22/h3-14,16-17H,15H2,1-2H3/i15D2. The van der Waals surface area contributed by atoms with E-state index < -0.39 is 6.37 Å². The molecular weight excluding hydrogens is 356 g/mol. The molecule has 0 bridgehead atoms. The molecule has 0 fully saturated rings. The fraction of sp³-hybridized carbons (Fsp3) is 0.154. The molecule has 5 rings (SSSR count). The molecule has 0 amide bonds. The molecule has 0 atom stereocenters. The van der Waals surface area contributed by atoms with E-state index >= 15 is 0 Å². The molecule has 0 unspecified atom stereocenters. The Morgan fingerprint density at radius 3 is 2.59 bits per heavy atom. The number of para-hydroxylation sites is 1. The van der Waals surface area contributed by atoms with Gasteiger partial charge in [0.05, 0.1) is 11.4 Å². The number of hydrogen-bond donors (Lipinski definition) is 0. The minimum atomic E-state index is -1.44. The molecule has 0 N–H and O–H groups in total. The Morgan fingerprint density at radius 2 is 1.76 bits per heavy atom. The van der Waals surface area contributed by atoms with Crippen molar-refractivity contribution in [3.8, 4) is 22.5 Å². The topological polar surface area (TPSA) is 38.9 Å². The van der Waals surface area contributed by atoms with Crippen LogP contribution in [0.3, 0.4) is 0 Å². The first-order chi connectivity index (χ1) is 14.9. The lowest BCUT2D eigenvalue weighted by molar-refractivity contribution is 0.646. The fourth-order valence-corrected chi connectivity index (χ4v) is 3.65. The Morgan fingerprint density at radius 1 is 0.897 bits per heavy atom. The average Bonchev–Trinajstić information content (AvgIpc) is 3.17. The lowest BCUT2D eigenvalue weighted by Gasteiger charge is -2.07. The zero-order chi connectivity index (χ0) is 21.6. The third-order valence-electron chi connectivity index (χ3n) is 4.93. The summed E-state index contributed by atoms with van der Waals surface area (Å²) in [5.41, 5.74) is 5.33. The summed E-state index contributed by atoms with van der Waals surface area (Å²) in [6.07, 6.45) is 0.226. The van der Waals surface area contributed by atoms with Crippen molar-refractivity contribution in [2.75, 3.05) is 0 Å². The molecule has 5 aromatic rings. The minimum Gasteiger partial charge on any atom is -0.437 e. The van der Waals surface area contributed by atoms with E-state index in [0.29, 0.717) is 22.6 Å². The van der Waals surface area contributed by atoms with Crippen molar-refractivity contribution in [1.29, 1.82) is 0 Å². The lowest BCUT2D eigenvalue weighted by Crippen LogP contribution is -1.95. The Hall–Kier alpha value is -3.46. The number of furan rings is 1. The van der Waals surface area contributed by atoms with E-state index in [1.807, 2.05) is 80.6 Å². The number of hydrogen-bond acceptors (Lipinski definition) is 3. The Kier molecular flexibility index (Phi) is 3.82. The zero-order valence-electron chi connectivity index (χ0n) is 18.4. The molecule has 0 radical (unpaired) electrons. The van der Waals surface area contributed by atoms with Crippen molar-refractivity contribution in [1.82, 2.24) is 9.97 Å². The van der Waals surface area contributed by atoms with Crippen LogP contribution in [0.15, 0.2) is 83.4 Å². The maximum atomic E-state index is 8.44. The Balaban J connectivity index is 1.67. The molecule has 0 aliphatic heterocycles. The molecule has 3 nitrogen and oxygen atoms in total. The van der Waals surface area contributed by atoms with Crippen LogP contribution >= 0.6 is 0 Å². The summed E-state index contributed by atoms with van der Waals surface area (Å²) in [5.74, 6) is -0.148. The van der Waals surface area contributed by atoms with Crippen molar-refractivity contribution < 1.29 is 7.16 Å². The first kappa shape index (κ1) is 15.5. The third kappa shape index (κ3) is 3.29. The van der Waals surface area contributed by atoms with Gasteiger partial charge in [-0.15, -0.1) is 0 Å². The van der Waals surface area contributed by atoms with Gasteiger partial charge in [0, 0.05) is 30.8 Å². The van der Waals surface area contributed by atoms with Gasteiger partial charge < -0.3 is 4.42 Å². The van der Waals surface area contributed by atoms with Gasteiger partial charge in [0.2, 0.25) is 5.71 Å². The summed E-state index contributed by atoms with van der Waals surface area (Å²) in [4.78, 5) is 9.27. The maximum absolute atomic E-state index is 8.44. The maximum Gasteiger partial charge on any atom is 0.227 e. The molecule has 29 heavy (non-hydrogen) atoms. The summed E-state index contributed by atoms with van der Waals surface area (Å²) >= 11 is 0. The average molecular weight is 380 g/mol. The molecule has 2 aromatic carbocycles. The monoisotopic (exact) mass is 380 g/mol. The van der Waals surface area contributed by atoms with Crippen molar-refractivity contribution in [3.63, 3.8) is 0 Å². The second-order valence-corrected chi connectivity index (χ2v) is 7.43. The molecule has 0 saturated heterocycles. The van der Waals surface area contributed by atoms with Crippen molar-refractivity contribution >= 4 is 22.1 Å². The molecule has 142 valence electrons. The highest BCUT2D eigenvalue weighted by Gasteiger charge is 2.15. The fourth-order valence-electron chi connectivity index (χ4n) is 3.65. The summed E-state index contributed by atoms with van der Waals surface area (Å²) in [6.45, 7) is 3.77. The van der Waals surface area contributed by atoms with E-state index in [0.717, 1.165) is 27.6 Å². The number of aromatic nitrogens is 2. The van der Waals surface area contributed by atoms with Crippen LogP contribution < -0.4 is 0 Å². The first-order valence-corrected chi connectivity index (χ1v) is 9.80. The van der Waals surface area contributed by atoms with Crippen LogP contribution in [0, 0.1) is 5.92 Å². The number of fused-ring (bicyclic) bond motifs is 3. The van der Waals surface area contributed by atoms with E-state index in [4.69, 9.17) is 12.1 Å². The summed E-state index contributed by atoms with van der Waals surface area (Å²) in [6, 6.07) is 23.6. The summed E-state index contributed by atoms with van der Waals surface area (Å²) < 4.78 is 23.1. The van der Waals surface area contributed by atoms with Crippen LogP contribution in [0.4, 0.5) is 0 Å². The van der Waals surface area contributed by atoms with Crippen LogP contribution in [0.5, 0.6) is 0 Å². The van der Waals surface area contributed by atoms with Gasteiger partial charge in [0.1, 0.15) is 5.58 Å². The molecule has 0 aliphatic rings. The number of rotatable bonds is 4. The van der Waals surface area contributed by atoms with Crippen LogP contribution in [-0.4, -0.2) is 9.97 Å². The van der Waals surface area contributed by atoms with Gasteiger partial charge in [0.15, 0.2) is 0 Å². The second kappa shape index (κ2) is 7.17. The Labute approximate surface area is 172 Å². The highest BCUT2D eigenvalue weighted by atomic mass is 16.3. The van der Waals surface area contributed by atoms with Gasteiger partial charge in [-0.25, -0.2) is 4.98 Å². The minimum absolute atomic E-state index is 0.148. The third-order valence-corrected chi connectivity index (χ3v) is 4.93. The van der Waals surface area contributed by atoms with Gasteiger partial charge in [0.25, 0.3) is 0 Å². The normalized spacial score (nSPS) is 13.1. The Bertz CT molecular complexity index is 1390. The van der Waals surface area contributed by atoms with Crippen molar-refractivity contribution in [3.05, 3.63) is 84.6 Å². The van der Waals surface area contributed by atoms with Gasteiger partial charge in [-0.1, -0.05) is 56.3 Å². The molecular formula is C26H22N2O. The molecule has 3 aromatic heterocycles. The second-order valence-electron chi connectivity index (χ2n) is 7.43. The molecule has 0 saturated carbocycles. The predicted octanol–water partition coefficient (Wildman–Crippen LogP) is 6.91. The van der Waals surface area contributed by atoms with Gasteiger partial charge in [-0.05, 0) is 48.2 Å². The van der Waals surface area contributed by atoms with Gasteiger partial charge in [-0.3, -0.25) is 4.98 Å². The number of pyridine rings is 2. The van der Waals surface area contributed by atoms with E-state index in [-0.39, 0.29) is 5.92 Å². The number of benzene rings is 2. The number of nitrogens with zero attached hydrogens (tertiary/aromatic N) is 2. The van der Waals surface area contributed by atoms with Crippen LogP contribution in [0.25, 0.3) is 44.6 Å². The van der Waals surface area contributed by atoms with Crippen LogP contribution in [-0.2, 0) is 6.37 Å². The SMILES string of the molecule is [2H]C([2H])(c1ccnc(-c2cccc3c2oc2nc(-c4ccccc4)ccc23)c1)C(C)C. The van der Waals surface area contributed by atoms with Gasteiger partial charge in [-0.2, -0.15) is 0 Å². The first-order valence-electron chi connectivity index (χ1n) is 10.8. The quantitative estimate of drug-likeness (QED) is 0.340. The van der Waals surface area contributed by atoms with Crippen LogP contribution in [0.1, 0.15) is 22.2 Å². The highest BCUT2D eigenvalue weighted by molar-refractivity contribution is 6.08. The van der Waals surface area contributed by atoms with Crippen molar-refractivity contribution in [2.45, 2.75) is 20.2 Å². The van der Waals surface area contributed by atoms with E-state index in [9.17, 15) is 0 Å². The summed E-state index contributed by atoms with van der Waals surface area (Å²) in [7, 11) is 0. The smallest absolute Gasteiger partial charge is 0.227 e. The van der Waals surface area contributed by atoms with Gasteiger partial charge >= 0.3 is 0 Å². The predicted molar refractivity (Wildman–Crippen MR) is 119 cm³/mol. The van der Waals surface area contributed by atoms with E-state index in [1.165, 1.54) is 0 Å². The van der Waals surface area contributed by atoms with Crippen molar-refractivity contribution in [2.24, 2.45) is 5.92 Å². The molecule has 3 heterocycles. The largest absolute Gasteiger partial charge is 0.437 e. The van der Waals surface area contributed by atoms with Crippen LogP contribution in [0.2, 0.25) is 0 Å². The molecule has 3 heteroatoms. The van der Waals surface area contributed by atoms with E-state index in [2.05, 4.69) is 4.98 Å². The lowest BCUT2D eigenvalue weighted by atomic mass is 10.0. The highest BCUT2D eigenvalue weighted by Crippen LogP contribution is 2.35.